The number of hydrogen-bond acceptors (Lipinski definition) is 5. The second-order valence-electron chi connectivity index (χ2n) is 5.49. The number of halogens is 1. The van der Waals surface area contributed by atoms with Crippen LogP contribution in [0.5, 0.6) is 0 Å². The van der Waals surface area contributed by atoms with Gasteiger partial charge in [-0.3, -0.25) is 4.98 Å². The minimum absolute atomic E-state index is 0.620. The van der Waals surface area contributed by atoms with E-state index in [9.17, 15) is 0 Å². The van der Waals surface area contributed by atoms with Gasteiger partial charge >= 0.3 is 0 Å². The number of hydrogen-bond donors (Lipinski definition) is 0. The maximum absolute atomic E-state index is 6.30. The molecule has 0 aliphatic rings. The summed E-state index contributed by atoms with van der Waals surface area (Å²) in [5.74, 6) is 0.628. The van der Waals surface area contributed by atoms with Crippen LogP contribution in [0.4, 0.5) is 0 Å². The number of fused-ring (bicyclic) bond motifs is 2. The Labute approximate surface area is 151 Å². The Bertz CT molecular complexity index is 1220. The molecule has 5 aromatic rings. The van der Waals surface area contributed by atoms with E-state index in [1.54, 1.807) is 10.7 Å². The molecular weight excluding hydrogens is 354 g/mol. The highest BCUT2D eigenvalue weighted by Gasteiger charge is 2.17. The van der Waals surface area contributed by atoms with Crippen LogP contribution in [0.15, 0.2) is 60.8 Å². The molecule has 0 atom stereocenters. The average Bonchev–Trinajstić information content (AvgIpc) is 3.22. The molecule has 0 fully saturated rings. The highest BCUT2D eigenvalue weighted by molar-refractivity contribution is 7.19. The lowest BCUT2D eigenvalue weighted by Crippen LogP contribution is -1.92. The van der Waals surface area contributed by atoms with Gasteiger partial charge in [-0.1, -0.05) is 59.3 Å². The second kappa shape index (κ2) is 5.61. The van der Waals surface area contributed by atoms with E-state index in [4.69, 9.17) is 16.7 Å². The van der Waals surface area contributed by atoms with Crippen molar-refractivity contribution in [2.45, 2.75) is 0 Å². The molecule has 25 heavy (non-hydrogen) atoms. The molecule has 0 amide bonds. The molecule has 0 spiro atoms. The van der Waals surface area contributed by atoms with E-state index in [0.717, 1.165) is 27.0 Å². The zero-order chi connectivity index (χ0) is 16.8. The summed E-state index contributed by atoms with van der Waals surface area (Å²) >= 11 is 7.76. The van der Waals surface area contributed by atoms with Crippen molar-refractivity contribution in [2.24, 2.45) is 0 Å². The van der Waals surface area contributed by atoms with Crippen molar-refractivity contribution in [3.63, 3.8) is 0 Å². The third-order valence-electron chi connectivity index (χ3n) is 3.98. The van der Waals surface area contributed by atoms with Gasteiger partial charge in [0, 0.05) is 17.1 Å². The van der Waals surface area contributed by atoms with Crippen LogP contribution in [0.25, 0.3) is 37.8 Å². The Kier molecular flexibility index (Phi) is 3.26. The van der Waals surface area contributed by atoms with Crippen molar-refractivity contribution in [3.05, 3.63) is 65.8 Å². The van der Waals surface area contributed by atoms with Gasteiger partial charge in [0.25, 0.3) is 0 Å². The molecule has 5 rings (SSSR count). The number of rotatable bonds is 2. The van der Waals surface area contributed by atoms with E-state index in [-0.39, 0.29) is 0 Å². The lowest BCUT2D eigenvalue weighted by Gasteiger charge is -2.02. The average molecular weight is 364 g/mol. The summed E-state index contributed by atoms with van der Waals surface area (Å²) in [6, 6.07) is 17.7. The van der Waals surface area contributed by atoms with Gasteiger partial charge in [0.2, 0.25) is 4.96 Å². The summed E-state index contributed by atoms with van der Waals surface area (Å²) < 4.78 is 1.73. The van der Waals surface area contributed by atoms with Gasteiger partial charge in [0.05, 0.1) is 5.02 Å². The molecule has 0 saturated carbocycles. The van der Waals surface area contributed by atoms with Gasteiger partial charge < -0.3 is 0 Å². The van der Waals surface area contributed by atoms with Gasteiger partial charge in [-0.05, 0) is 23.6 Å². The maximum atomic E-state index is 6.30. The summed E-state index contributed by atoms with van der Waals surface area (Å²) in [6.45, 7) is 0. The molecule has 120 valence electrons. The summed E-state index contributed by atoms with van der Waals surface area (Å²) in [7, 11) is 0. The number of aromatic nitrogens is 5. The molecule has 0 aliphatic carbocycles. The van der Waals surface area contributed by atoms with Gasteiger partial charge in [-0.15, -0.1) is 10.2 Å². The molecular formula is C18H10ClN5S. The van der Waals surface area contributed by atoms with E-state index in [2.05, 4.69) is 27.3 Å². The van der Waals surface area contributed by atoms with Crippen molar-refractivity contribution >= 4 is 38.7 Å². The zero-order valence-electron chi connectivity index (χ0n) is 12.8. The van der Waals surface area contributed by atoms with Crippen molar-refractivity contribution in [3.8, 4) is 22.1 Å². The highest BCUT2D eigenvalue weighted by Crippen LogP contribution is 2.32. The third-order valence-corrected chi connectivity index (χ3v) is 5.22. The van der Waals surface area contributed by atoms with Crippen LogP contribution in [0.3, 0.4) is 0 Å². The fraction of sp³-hybridized carbons (Fsp3) is 0. The second-order valence-corrected chi connectivity index (χ2v) is 6.85. The molecule has 5 nitrogen and oxygen atoms in total. The molecule has 3 heterocycles. The molecule has 3 aromatic heterocycles. The number of nitrogens with zero attached hydrogens (tertiary/aromatic N) is 5. The highest BCUT2D eigenvalue weighted by atomic mass is 35.5. The quantitative estimate of drug-likeness (QED) is 0.455. The molecule has 0 bridgehead atoms. The van der Waals surface area contributed by atoms with Gasteiger partial charge in [-0.25, -0.2) is 0 Å². The van der Waals surface area contributed by atoms with Crippen LogP contribution in [0.1, 0.15) is 0 Å². The van der Waals surface area contributed by atoms with Crippen LogP contribution < -0.4 is 0 Å². The lowest BCUT2D eigenvalue weighted by atomic mass is 10.1. The van der Waals surface area contributed by atoms with Crippen LogP contribution >= 0.6 is 22.9 Å². The predicted molar refractivity (Wildman–Crippen MR) is 99.8 cm³/mol. The largest absolute Gasteiger partial charge is 0.253 e. The minimum Gasteiger partial charge on any atom is -0.253 e. The Balaban J connectivity index is 1.73. The summed E-state index contributed by atoms with van der Waals surface area (Å²) in [4.78, 5) is 5.24. The van der Waals surface area contributed by atoms with E-state index >= 15 is 0 Å². The van der Waals surface area contributed by atoms with Crippen molar-refractivity contribution in [1.82, 2.24) is 24.8 Å². The van der Waals surface area contributed by atoms with E-state index in [1.807, 2.05) is 42.5 Å². The zero-order valence-corrected chi connectivity index (χ0v) is 14.4. The molecule has 2 aromatic carbocycles. The lowest BCUT2D eigenvalue weighted by molar-refractivity contribution is 0.968. The maximum Gasteiger partial charge on any atom is 0.235 e. The Morgan fingerprint density at radius 2 is 1.76 bits per heavy atom. The van der Waals surface area contributed by atoms with Crippen molar-refractivity contribution < 1.29 is 0 Å². The first-order chi connectivity index (χ1) is 12.3. The van der Waals surface area contributed by atoms with Gasteiger partial charge in [0.1, 0.15) is 5.69 Å². The molecule has 0 aliphatic heterocycles. The first-order valence-electron chi connectivity index (χ1n) is 7.62. The standard InChI is InChI=1S/C18H10ClN5S/c19-14-8-4-3-7-13(14)16-21-22-18-24(16)23-17(25-18)15-12-6-2-1-5-11(12)9-10-20-15/h1-10H. The number of pyridine rings is 1. The Morgan fingerprint density at radius 1 is 0.920 bits per heavy atom. The van der Waals surface area contributed by atoms with Crippen LogP contribution in [-0.2, 0) is 0 Å². The van der Waals surface area contributed by atoms with E-state index in [0.29, 0.717) is 15.8 Å². The van der Waals surface area contributed by atoms with Crippen LogP contribution in [-0.4, -0.2) is 24.8 Å². The van der Waals surface area contributed by atoms with Gasteiger partial charge in [-0.2, -0.15) is 9.61 Å². The normalized spacial score (nSPS) is 11.4. The first kappa shape index (κ1) is 14.5. The van der Waals surface area contributed by atoms with Crippen LogP contribution in [0, 0.1) is 0 Å². The SMILES string of the molecule is Clc1ccccc1-c1nnc2sc(-c3nccc4ccccc34)nn12. The van der Waals surface area contributed by atoms with Crippen molar-refractivity contribution in [1.29, 1.82) is 0 Å². The third kappa shape index (κ3) is 2.30. The summed E-state index contributed by atoms with van der Waals surface area (Å²) in [5.41, 5.74) is 1.65. The molecule has 7 heteroatoms. The van der Waals surface area contributed by atoms with Crippen LogP contribution in [0.2, 0.25) is 5.02 Å². The smallest absolute Gasteiger partial charge is 0.235 e. The summed E-state index contributed by atoms with van der Waals surface area (Å²) in [6.07, 6.45) is 1.80. The topological polar surface area (TPSA) is 56.0 Å². The predicted octanol–water partition coefficient (Wildman–Crippen LogP) is 4.72. The molecule has 0 N–H and O–H groups in total. The summed E-state index contributed by atoms with van der Waals surface area (Å²) in [5, 5.41) is 16.8. The van der Waals surface area contributed by atoms with E-state index in [1.165, 1.54) is 11.3 Å². The minimum atomic E-state index is 0.620. The Morgan fingerprint density at radius 3 is 2.68 bits per heavy atom. The number of benzene rings is 2. The fourth-order valence-corrected chi connectivity index (χ4v) is 3.88. The fourth-order valence-electron chi connectivity index (χ4n) is 2.81. The Hall–Kier alpha value is -2.83. The monoisotopic (exact) mass is 363 g/mol. The van der Waals surface area contributed by atoms with Gasteiger partial charge in [0.15, 0.2) is 10.8 Å². The molecule has 0 saturated heterocycles. The van der Waals surface area contributed by atoms with Crippen molar-refractivity contribution in [2.75, 3.05) is 0 Å². The van der Waals surface area contributed by atoms with E-state index < -0.39 is 0 Å². The molecule has 0 unspecified atom stereocenters. The molecule has 0 radical (unpaired) electrons. The first-order valence-corrected chi connectivity index (χ1v) is 8.82.